The first-order valence-corrected chi connectivity index (χ1v) is 9.60. The van der Waals surface area contributed by atoms with Gasteiger partial charge >= 0.3 is 5.97 Å². The summed E-state index contributed by atoms with van der Waals surface area (Å²) in [6.07, 6.45) is 0.124. The molecule has 0 spiro atoms. The Morgan fingerprint density at radius 2 is 1.53 bits per heavy atom. The molecule has 4 aromatic carbocycles. The maximum absolute atomic E-state index is 13.6. The molecular weight excluding hydrogens is 381 g/mol. The molecule has 150 valence electrons. The normalized spacial score (nSPS) is 11.9. The number of hydrogen-bond acceptors (Lipinski definition) is 3. The van der Waals surface area contributed by atoms with Gasteiger partial charge in [-0.1, -0.05) is 60.7 Å². The molecule has 0 aliphatic heterocycles. The summed E-state index contributed by atoms with van der Waals surface area (Å²) in [5.41, 5.74) is 1.09. The van der Waals surface area contributed by atoms with Crippen LogP contribution >= 0.6 is 0 Å². The fourth-order valence-electron chi connectivity index (χ4n) is 3.72. The molecule has 4 nitrogen and oxygen atoms in total. The van der Waals surface area contributed by atoms with Crippen molar-refractivity contribution in [3.05, 3.63) is 95.8 Å². The lowest BCUT2D eigenvalue weighted by Gasteiger charge is -2.18. The lowest BCUT2D eigenvalue weighted by atomic mass is 9.95. The standard InChI is InChI=1S/C25H20FNO3/c1-30-25(29)22(14-16-7-6-10-19(26)13-16)27-24(28)23-20-11-4-2-8-17(20)15-18-9-3-5-12-21(18)23/h2-13,15,22H,14H2,1H3,(H,27,28)/t22-/m0/s1. The van der Waals surface area contributed by atoms with E-state index >= 15 is 0 Å². The second-order valence-corrected chi connectivity index (χ2v) is 7.08. The molecule has 0 heterocycles. The Morgan fingerprint density at radius 3 is 2.13 bits per heavy atom. The third-order valence-electron chi connectivity index (χ3n) is 5.12. The average molecular weight is 401 g/mol. The van der Waals surface area contributed by atoms with Crippen LogP contribution in [0.15, 0.2) is 78.9 Å². The van der Waals surface area contributed by atoms with E-state index in [0.717, 1.165) is 21.5 Å². The number of methoxy groups -OCH3 is 1. The van der Waals surface area contributed by atoms with Gasteiger partial charge in [-0.25, -0.2) is 9.18 Å². The van der Waals surface area contributed by atoms with Gasteiger partial charge in [0.05, 0.1) is 12.7 Å². The highest BCUT2D eigenvalue weighted by molar-refractivity contribution is 6.18. The van der Waals surface area contributed by atoms with E-state index in [-0.39, 0.29) is 12.3 Å². The van der Waals surface area contributed by atoms with Gasteiger partial charge in [-0.3, -0.25) is 4.79 Å². The Morgan fingerprint density at radius 1 is 0.900 bits per heavy atom. The topological polar surface area (TPSA) is 55.4 Å². The third kappa shape index (κ3) is 3.87. The summed E-state index contributed by atoms with van der Waals surface area (Å²) < 4.78 is 18.5. The fourth-order valence-corrected chi connectivity index (χ4v) is 3.72. The lowest BCUT2D eigenvalue weighted by Crippen LogP contribution is -2.43. The van der Waals surface area contributed by atoms with Crippen molar-refractivity contribution in [1.29, 1.82) is 0 Å². The van der Waals surface area contributed by atoms with E-state index in [4.69, 9.17) is 4.74 Å². The maximum atomic E-state index is 13.6. The Balaban J connectivity index is 1.75. The summed E-state index contributed by atoms with van der Waals surface area (Å²) in [7, 11) is 1.26. The van der Waals surface area contributed by atoms with Gasteiger partial charge in [0.2, 0.25) is 0 Å². The molecule has 1 N–H and O–H groups in total. The van der Waals surface area contributed by atoms with Crippen LogP contribution in [0.2, 0.25) is 0 Å². The minimum absolute atomic E-state index is 0.124. The van der Waals surface area contributed by atoms with Gasteiger partial charge < -0.3 is 10.1 Å². The van der Waals surface area contributed by atoms with Gasteiger partial charge in [0.15, 0.2) is 0 Å². The number of carbonyl (C=O) groups is 2. The van der Waals surface area contributed by atoms with Gasteiger partial charge in [0.25, 0.3) is 5.91 Å². The number of halogens is 1. The van der Waals surface area contributed by atoms with Crippen molar-refractivity contribution < 1.29 is 18.7 Å². The van der Waals surface area contributed by atoms with Crippen LogP contribution in [-0.2, 0) is 16.0 Å². The maximum Gasteiger partial charge on any atom is 0.328 e. The van der Waals surface area contributed by atoms with Crippen LogP contribution in [0.5, 0.6) is 0 Å². The zero-order valence-corrected chi connectivity index (χ0v) is 16.4. The molecule has 1 atom stereocenters. The van der Waals surface area contributed by atoms with Crippen LogP contribution < -0.4 is 5.32 Å². The molecule has 0 saturated heterocycles. The predicted molar refractivity (Wildman–Crippen MR) is 115 cm³/mol. The van der Waals surface area contributed by atoms with Crippen LogP contribution in [0.3, 0.4) is 0 Å². The monoisotopic (exact) mass is 401 g/mol. The second-order valence-electron chi connectivity index (χ2n) is 7.08. The molecule has 0 bridgehead atoms. The summed E-state index contributed by atoms with van der Waals surface area (Å²) in [5.74, 6) is -1.37. The highest BCUT2D eigenvalue weighted by Gasteiger charge is 2.24. The molecule has 0 aliphatic rings. The lowest BCUT2D eigenvalue weighted by molar-refractivity contribution is -0.142. The van der Waals surface area contributed by atoms with E-state index in [1.807, 2.05) is 54.6 Å². The highest BCUT2D eigenvalue weighted by atomic mass is 19.1. The number of ether oxygens (including phenoxy) is 1. The Kier molecular flexibility index (Phi) is 5.44. The fraction of sp³-hybridized carbons (Fsp3) is 0.120. The van der Waals surface area contributed by atoms with Gasteiger partial charge in [-0.2, -0.15) is 0 Å². The third-order valence-corrected chi connectivity index (χ3v) is 5.12. The number of amides is 1. The zero-order chi connectivity index (χ0) is 21.1. The molecular formula is C25H20FNO3. The first-order chi connectivity index (χ1) is 14.6. The summed E-state index contributed by atoms with van der Waals surface area (Å²) in [6.45, 7) is 0. The van der Waals surface area contributed by atoms with E-state index in [9.17, 15) is 14.0 Å². The van der Waals surface area contributed by atoms with Crippen molar-refractivity contribution in [1.82, 2.24) is 5.32 Å². The Hall–Kier alpha value is -3.73. The van der Waals surface area contributed by atoms with Gasteiger partial charge in [-0.15, -0.1) is 0 Å². The molecule has 0 aromatic heterocycles. The van der Waals surface area contributed by atoms with E-state index < -0.39 is 17.8 Å². The molecule has 0 unspecified atom stereocenters. The predicted octanol–water partition coefficient (Wildman–Crippen LogP) is 4.65. The SMILES string of the molecule is COC(=O)[C@H](Cc1cccc(F)c1)NC(=O)c1c2ccccc2cc2ccccc12. The van der Waals surface area contributed by atoms with Crippen LogP contribution in [0.25, 0.3) is 21.5 Å². The number of nitrogens with one attached hydrogen (secondary N) is 1. The first kappa shape index (κ1) is 19.6. The van der Waals surface area contributed by atoms with E-state index in [1.54, 1.807) is 12.1 Å². The van der Waals surface area contributed by atoms with Crippen molar-refractivity contribution >= 4 is 33.4 Å². The number of hydrogen-bond donors (Lipinski definition) is 1. The molecule has 0 radical (unpaired) electrons. The van der Waals surface area contributed by atoms with Crippen LogP contribution in [0, 0.1) is 5.82 Å². The zero-order valence-electron chi connectivity index (χ0n) is 16.4. The minimum Gasteiger partial charge on any atom is -0.467 e. The van der Waals surface area contributed by atoms with E-state index in [1.165, 1.54) is 19.2 Å². The summed E-state index contributed by atoms with van der Waals surface area (Å²) in [5, 5.41) is 6.25. The molecule has 0 aliphatic carbocycles. The number of rotatable bonds is 5. The minimum atomic E-state index is -0.943. The molecule has 4 aromatic rings. The molecule has 30 heavy (non-hydrogen) atoms. The number of fused-ring (bicyclic) bond motifs is 2. The quantitative estimate of drug-likeness (QED) is 0.391. The van der Waals surface area contributed by atoms with Crippen molar-refractivity contribution in [3.8, 4) is 0 Å². The molecule has 4 rings (SSSR count). The van der Waals surface area contributed by atoms with Gasteiger partial charge in [0.1, 0.15) is 11.9 Å². The van der Waals surface area contributed by atoms with Crippen LogP contribution in [0.1, 0.15) is 15.9 Å². The number of benzene rings is 4. The van der Waals surface area contributed by atoms with E-state index in [2.05, 4.69) is 5.32 Å². The van der Waals surface area contributed by atoms with Crippen molar-refractivity contribution in [2.75, 3.05) is 7.11 Å². The molecule has 1 amide bonds. The summed E-state index contributed by atoms with van der Waals surface area (Å²) in [6, 6.07) is 22.3. The Labute approximate surface area is 173 Å². The van der Waals surface area contributed by atoms with Crippen LogP contribution in [-0.4, -0.2) is 25.0 Å². The summed E-state index contributed by atoms with van der Waals surface area (Å²) in [4.78, 5) is 25.7. The van der Waals surface area contributed by atoms with Crippen molar-refractivity contribution in [2.45, 2.75) is 12.5 Å². The van der Waals surface area contributed by atoms with Crippen LogP contribution in [0.4, 0.5) is 4.39 Å². The van der Waals surface area contributed by atoms with Crippen molar-refractivity contribution in [2.24, 2.45) is 0 Å². The smallest absolute Gasteiger partial charge is 0.328 e. The average Bonchev–Trinajstić information content (AvgIpc) is 2.76. The first-order valence-electron chi connectivity index (χ1n) is 9.60. The molecule has 5 heteroatoms. The largest absolute Gasteiger partial charge is 0.467 e. The van der Waals surface area contributed by atoms with Gasteiger partial charge in [-0.05, 0) is 45.3 Å². The Bertz CT molecular complexity index is 1200. The molecule has 0 fully saturated rings. The van der Waals surface area contributed by atoms with Crippen molar-refractivity contribution in [3.63, 3.8) is 0 Å². The highest BCUT2D eigenvalue weighted by Crippen LogP contribution is 2.28. The summed E-state index contributed by atoms with van der Waals surface area (Å²) >= 11 is 0. The second kappa shape index (κ2) is 8.33. The van der Waals surface area contributed by atoms with E-state index in [0.29, 0.717) is 11.1 Å². The number of esters is 1. The van der Waals surface area contributed by atoms with Gasteiger partial charge in [0, 0.05) is 6.42 Å². The number of carbonyl (C=O) groups excluding carboxylic acids is 2. The molecule has 0 saturated carbocycles.